The van der Waals surface area contributed by atoms with Crippen LogP contribution in [0.5, 0.6) is 0 Å². The summed E-state index contributed by atoms with van der Waals surface area (Å²) in [5.74, 6) is -2.81. The molecule has 0 aliphatic heterocycles. The molecule has 0 saturated heterocycles. The number of amides is 2. The summed E-state index contributed by atoms with van der Waals surface area (Å²) in [6.45, 7) is 0. The van der Waals surface area contributed by atoms with Gasteiger partial charge in [-0.2, -0.15) is 11.0 Å². The Labute approximate surface area is 149 Å². The van der Waals surface area contributed by atoms with E-state index in [2.05, 4.69) is 9.68 Å². The minimum absolute atomic E-state index is 0.323. The number of rotatable bonds is 5. The Morgan fingerprint density at radius 3 is 1.31 bits per heavy atom. The highest BCUT2D eigenvalue weighted by Crippen LogP contribution is 2.00. The van der Waals surface area contributed by atoms with E-state index in [-0.39, 0.29) is 12.8 Å². The van der Waals surface area contributed by atoms with Gasteiger partial charge in [0.1, 0.15) is 0 Å². The van der Waals surface area contributed by atoms with Crippen molar-refractivity contribution in [3.8, 4) is 0 Å². The second-order valence-corrected chi connectivity index (χ2v) is 5.04. The number of hydroxylamine groups is 2. The first-order chi connectivity index (χ1) is 12.6. The molecule has 0 spiro atoms. The molecular weight excluding hydrogens is 340 g/mol. The van der Waals surface area contributed by atoms with Crippen molar-refractivity contribution in [2.45, 2.75) is 12.8 Å². The van der Waals surface area contributed by atoms with Gasteiger partial charge in [0.05, 0.1) is 12.8 Å². The van der Waals surface area contributed by atoms with Crippen molar-refractivity contribution < 1.29 is 28.9 Å². The summed E-state index contributed by atoms with van der Waals surface area (Å²) < 4.78 is 0. The van der Waals surface area contributed by atoms with Crippen LogP contribution < -0.4 is 11.0 Å². The first-order valence-corrected chi connectivity index (χ1v) is 7.66. The molecule has 2 aromatic carbocycles. The third-order valence-corrected chi connectivity index (χ3v) is 3.12. The van der Waals surface area contributed by atoms with Crippen molar-refractivity contribution >= 4 is 23.8 Å². The molecule has 0 fully saturated rings. The van der Waals surface area contributed by atoms with E-state index in [0.29, 0.717) is 11.1 Å². The Morgan fingerprint density at radius 2 is 0.962 bits per heavy atom. The quantitative estimate of drug-likeness (QED) is 0.786. The van der Waals surface area contributed by atoms with Crippen LogP contribution in [-0.2, 0) is 19.3 Å². The molecule has 0 unspecified atom stereocenters. The second kappa shape index (κ2) is 9.58. The smallest absolute Gasteiger partial charge is 0.332 e. The number of carbonyl (C=O) groups is 4. The largest absolute Gasteiger partial charge is 0.341 e. The predicted octanol–water partition coefficient (Wildman–Crippen LogP) is 1.54. The summed E-state index contributed by atoms with van der Waals surface area (Å²) in [7, 11) is 0. The molecule has 0 heterocycles. The summed E-state index contributed by atoms with van der Waals surface area (Å²) in [5, 5.41) is 0. The Kier molecular flexibility index (Phi) is 6.87. The highest BCUT2D eigenvalue weighted by atomic mass is 16.7. The van der Waals surface area contributed by atoms with Crippen LogP contribution in [0, 0.1) is 0 Å². The third-order valence-electron chi connectivity index (χ3n) is 3.12. The Morgan fingerprint density at radius 1 is 0.615 bits per heavy atom. The fraction of sp³-hybridized carbons (Fsp3) is 0.111. The minimum atomic E-state index is -0.819. The standard InChI is InChI=1S/C18H16N2O6/c21-15(25-19-17(23)13-7-3-1-4-8-13)11-12-16(22)26-20-18(24)14-9-5-2-6-10-14/h1-10H,11-12H2,(H,19,23)(H,20,24). The maximum atomic E-state index is 11.7. The van der Waals surface area contributed by atoms with Crippen molar-refractivity contribution in [1.29, 1.82) is 0 Å². The van der Waals surface area contributed by atoms with Crippen molar-refractivity contribution in [3.05, 3.63) is 71.8 Å². The van der Waals surface area contributed by atoms with Gasteiger partial charge in [-0.3, -0.25) is 9.59 Å². The van der Waals surface area contributed by atoms with E-state index in [1.807, 2.05) is 11.0 Å². The highest BCUT2D eigenvalue weighted by Gasteiger charge is 2.13. The number of hydrogen-bond acceptors (Lipinski definition) is 6. The van der Waals surface area contributed by atoms with Crippen LogP contribution in [0.1, 0.15) is 33.6 Å². The summed E-state index contributed by atoms with van der Waals surface area (Å²) in [4.78, 5) is 55.5. The molecule has 8 nitrogen and oxygen atoms in total. The fourth-order valence-electron chi connectivity index (χ4n) is 1.81. The number of benzene rings is 2. The van der Waals surface area contributed by atoms with E-state index in [4.69, 9.17) is 0 Å². The van der Waals surface area contributed by atoms with Gasteiger partial charge in [0.2, 0.25) is 0 Å². The molecule has 2 N–H and O–H groups in total. The Balaban J connectivity index is 1.65. The van der Waals surface area contributed by atoms with Gasteiger partial charge >= 0.3 is 11.9 Å². The van der Waals surface area contributed by atoms with Crippen molar-refractivity contribution in [2.24, 2.45) is 0 Å². The normalized spacial score (nSPS) is 9.69. The lowest BCUT2D eigenvalue weighted by Gasteiger charge is -2.07. The zero-order valence-corrected chi connectivity index (χ0v) is 13.6. The summed E-state index contributed by atoms with van der Waals surface area (Å²) in [6, 6.07) is 16.3. The molecule has 2 amide bonds. The lowest BCUT2D eigenvalue weighted by molar-refractivity contribution is -0.155. The molecule has 2 rings (SSSR count). The molecule has 0 bridgehead atoms. The van der Waals surface area contributed by atoms with Gasteiger partial charge < -0.3 is 9.68 Å². The van der Waals surface area contributed by atoms with Gasteiger partial charge in [-0.25, -0.2) is 9.59 Å². The molecule has 2 aromatic rings. The predicted molar refractivity (Wildman–Crippen MR) is 89.2 cm³/mol. The monoisotopic (exact) mass is 356 g/mol. The van der Waals surface area contributed by atoms with Gasteiger partial charge in [0, 0.05) is 11.1 Å². The average Bonchev–Trinajstić information content (AvgIpc) is 2.69. The van der Waals surface area contributed by atoms with Crippen LogP contribution in [0.3, 0.4) is 0 Å². The third kappa shape index (κ3) is 6.08. The van der Waals surface area contributed by atoms with Crippen molar-refractivity contribution in [3.63, 3.8) is 0 Å². The van der Waals surface area contributed by atoms with Gasteiger partial charge in [-0.1, -0.05) is 36.4 Å². The first-order valence-electron chi connectivity index (χ1n) is 7.66. The van der Waals surface area contributed by atoms with Gasteiger partial charge in [0.15, 0.2) is 0 Å². The average molecular weight is 356 g/mol. The van der Waals surface area contributed by atoms with Crippen molar-refractivity contribution in [2.75, 3.05) is 0 Å². The number of hydrogen-bond donors (Lipinski definition) is 2. The van der Waals surface area contributed by atoms with Crippen LogP contribution in [0.15, 0.2) is 60.7 Å². The van der Waals surface area contributed by atoms with E-state index in [0.717, 1.165) is 0 Å². The Bertz CT molecular complexity index is 709. The topological polar surface area (TPSA) is 111 Å². The first kappa shape index (κ1) is 18.7. The second-order valence-electron chi connectivity index (χ2n) is 5.04. The molecular formula is C18H16N2O6. The van der Waals surface area contributed by atoms with E-state index in [9.17, 15) is 19.2 Å². The molecule has 134 valence electrons. The number of carbonyl (C=O) groups excluding carboxylic acids is 4. The van der Waals surface area contributed by atoms with E-state index < -0.39 is 23.8 Å². The van der Waals surface area contributed by atoms with E-state index >= 15 is 0 Å². The lowest BCUT2D eigenvalue weighted by atomic mass is 10.2. The highest BCUT2D eigenvalue weighted by molar-refractivity contribution is 5.95. The Hall–Kier alpha value is -3.68. The van der Waals surface area contributed by atoms with Crippen LogP contribution in [0.2, 0.25) is 0 Å². The molecule has 0 aromatic heterocycles. The van der Waals surface area contributed by atoms with E-state index in [1.165, 1.54) is 0 Å². The minimum Gasteiger partial charge on any atom is -0.341 e. The SMILES string of the molecule is O=C(CCC(=O)ONC(=O)c1ccccc1)ONC(=O)c1ccccc1. The van der Waals surface area contributed by atoms with E-state index in [1.54, 1.807) is 60.7 Å². The zero-order chi connectivity index (χ0) is 18.8. The molecule has 26 heavy (non-hydrogen) atoms. The van der Waals surface area contributed by atoms with Gasteiger partial charge in [-0.15, -0.1) is 0 Å². The van der Waals surface area contributed by atoms with Crippen LogP contribution >= 0.6 is 0 Å². The molecule has 0 atom stereocenters. The van der Waals surface area contributed by atoms with Crippen LogP contribution in [-0.4, -0.2) is 23.8 Å². The number of nitrogens with one attached hydrogen (secondary N) is 2. The molecule has 0 saturated carbocycles. The maximum Gasteiger partial charge on any atom is 0.332 e. The fourth-order valence-corrected chi connectivity index (χ4v) is 1.81. The van der Waals surface area contributed by atoms with Crippen LogP contribution in [0.25, 0.3) is 0 Å². The summed E-state index contributed by atoms with van der Waals surface area (Å²) >= 11 is 0. The molecule has 0 radical (unpaired) electrons. The molecule has 0 aliphatic rings. The molecule has 8 heteroatoms. The van der Waals surface area contributed by atoms with Crippen molar-refractivity contribution in [1.82, 2.24) is 11.0 Å². The lowest BCUT2D eigenvalue weighted by Crippen LogP contribution is -2.29. The summed E-state index contributed by atoms with van der Waals surface area (Å²) in [5.41, 5.74) is 4.61. The van der Waals surface area contributed by atoms with Gasteiger partial charge in [-0.05, 0) is 24.3 Å². The maximum absolute atomic E-state index is 11.7. The molecule has 0 aliphatic carbocycles. The van der Waals surface area contributed by atoms with Gasteiger partial charge in [0.25, 0.3) is 11.8 Å². The zero-order valence-electron chi connectivity index (χ0n) is 13.6. The van der Waals surface area contributed by atoms with Crippen LogP contribution in [0.4, 0.5) is 0 Å². The summed E-state index contributed by atoms with van der Waals surface area (Å²) in [6.07, 6.45) is -0.649.